The van der Waals surface area contributed by atoms with Crippen LogP contribution in [0.3, 0.4) is 0 Å². The van der Waals surface area contributed by atoms with Gasteiger partial charge in [-0.2, -0.15) is 0 Å². The lowest BCUT2D eigenvalue weighted by Crippen LogP contribution is -2.37. The highest BCUT2D eigenvalue weighted by atomic mass is 16.6. The molecule has 0 saturated heterocycles. The number of rotatable bonds is 7. The fourth-order valence-corrected chi connectivity index (χ4v) is 2.67. The molecule has 28 heavy (non-hydrogen) atoms. The Bertz CT molecular complexity index is 986. The van der Waals surface area contributed by atoms with Crippen LogP contribution in [0.25, 0.3) is 6.08 Å². The molecule has 1 amide bonds. The van der Waals surface area contributed by atoms with Gasteiger partial charge in [0.1, 0.15) is 0 Å². The lowest BCUT2D eigenvalue weighted by atomic mass is 10.1. The van der Waals surface area contributed by atoms with Crippen LogP contribution in [-0.2, 0) is 6.42 Å². The first-order valence-corrected chi connectivity index (χ1v) is 8.72. The summed E-state index contributed by atoms with van der Waals surface area (Å²) in [5, 5.41) is 10.9. The molecule has 6 nitrogen and oxygen atoms in total. The Kier molecular flexibility index (Phi) is 6.15. The third-order valence-electron chi connectivity index (χ3n) is 4.03. The molecule has 0 heterocycles. The van der Waals surface area contributed by atoms with Crippen LogP contribution in [0.5, 0.6) is 0 Å². The zero-order valence-corrected chi connectivity index (χ0v) is 15.0. The second kappa shape index (κ2) is 9.14. The smallest absolute Gasteiger partial charge is 0.270 e. The standard InChI is InChI=1S/C22H19N3O3/c26-22(19-12-7-13-21(16-19)25(27)28)24-23-20(14-17-8-3-1-4-9-17)15-18-10-5-2-6-11-18/h1-14,16,23H,15H2,(H,24,26). The van der Waals surface area contributed by atoms with Crippen molar-refractivity contribution in [3.8, 4) is 0 Å². The van der Waals surface area contributed by atoms with E-state index in [1.165, 1.54) is 24.3 Å². The zero-order chi connectivity index (χ0) is 19.8. The van der Waals surface area contributed by atoms with E-state index in [0.717, 1.165) is 16.8 Å². The van der Waals surface area contributed by atoms with Crippen LogP contribution in [0.15, 0.2) is 90.6 Å². The molecular weight excluding hydrogens is 354 g/mol. The molecule has 3 aromatic carbocycles. The summed E-state index contributed by atoms with van der Waals surface area (Å²) < 4.78 is 0. The molecule has 0 aliphatic heterocycles. The van der Waals surface area contributed by atoms with Crippen LogP contribution in [-0.4, -0.2) is 10.8 Å². The topological polar surface area (TPSA) is 84.3 Å². The first-order valence-electron chi connectivity index (χ1n) is 8.72. The Labute approximate surface area is 162 Å². The number of hydrogen-bond acceptors (Lipinski definition) is 4. The van der Waals surface area contributed by atoms with E-state index < -0.39 is 10.8 Å². The Morgan fingerprint density at radius 1 is 0.893 bits per heavy atom. The number of hydrazine groups is 1. The van der Waals surface area contributed by atoms with Crippen molar-refractivity contribution in [1.82, 2.24) is 10.9 Å². The molecular formula is C22H19N3O3. The number of carbonyl (C=O) groups excluding carboxylic acids is 1. The summed E-state index contributed by atoms with van der Waals surface area (Å²) in [7, 11) is 0. The Morgan fingerprint density at radius 3 is 2.25 bits per heavy atom. The van der Waals surface area contributed by atoms with Gasteiger partial charge >= 0.3 is 0 Å². The van der Waals surface area contributed by atoms with Crippen LogP contribution in [0, 0.1) is 10.1 Å². The highest BCUT2D eigenvalue weighted by Gasteiger charge is 2.11. The summed E-state index contributed by atoms with van der Waals surface area (Å²) >= 11 is 0. The van der Waals surface area contributed by atoms with Gasteiger partial charge < -0.3 is 5.43 Å². The van der Waals surface area contributed by atoms with Gasteiger partial charge in [-0.15, -0.1) is 0 Å². The fraction of sp³-hybridized carbons (Fsp3) is 0.0455. The van der Waals surface area contributed by atoms with E-state index in [4.69, 9.17) is 0 Å². The first kappa shape index (κ1) is 18.8. The van der Waals surface area contributed by atoms with Gasteiger partial charge in [0, 0.05) is 29.8 Å². The normalized spacial score (nSPS) is 10.9. The molecule has 6 heteroatoms. The van der Waals surface area contributed by atoms with Crippen molar-refractivity contribution in [1.29, 1.82) is 0 Å². The van der Waals surface area contributed by atoms with E-state index in [9.17, 15) is 14.9 Å². The maximum absolute atomic E-state index is 12.4. The van der Waals surface area contributed by atoms with Crippen molar-refractivity contribution < 1.29 is 9.72 Å². The minimum absolute atomic E-state index is 0.128. The number of non-ortho nitro benzene ring substituents is 1. The molecule has 0 unspecified atom stereocenters. The second-order valence-electron chi connectivity index (χ2n) is 6.13. The summed E-state index contributed by atoms with van der Waals surface area (Å²) in [6.07, 6.45) is 2.53. The Hall–Kier alpha value is -3.93. The maximum atomic E-state index is 12.4. The van der Waals surface area contributed by atoms with Crippen LogP contribution in [0.4, 0.5) is 5.69 Å². The summed E-state index contributed by atoms with van der Waals surface area (Å²) in [4.78, 5) is 22.8. The summed E-state index contributed by atoms with van der Waals surface area (Å²) in [5.41, 5.74) is 8.53. The number of nitro benzene ring substituents is 1. The fourth-order valence-electron chi connectivity index (χ4n) is 2.67. The van der Waals surface area contributed by atoms with Crippen LogP contribution >= 0.6 is 0 Å². The molecule has 0 aliphatic carbocycles. The summed E-state index contributed by atoms with van der Waals surface area (Å²) in [5.74, 6) is -0.448. The average molecular weight is 373 g/mol. The summed E-state index contributed by atoms with van der Waals surface area (Å²) in [6.45, 7) is 0. The van der Waals surface area contributed by atoms with Gasteiger partial charge in [0.05, 0.1) is 4.92 Å². The largest absolute Gasteiger partial charge is 0.302 e. The zero-order valence-electron chi connectivity index (χ0n) is 15.0. The molecule has 0 aliphatic rings. The molecule has 2 N–H and O–H groups in total. The lowest BCUT2D eigenvalue weighted by molar-refractivity contribution is -0.384. The number of carbonyl (C=O) groups is 1. The average Bonchev–Trinajstić information content (AvgIpc) is 2.73. The van der Waals surface area contributed by atoms with Gasteiger partial charge in [-0.05, 0) is 23.3 Å². The monoisotopic (exact) mass is 373 g/mol. The SMILES string of the molecule is O=C(NNC(=Cc1ccccc1)Cc1ccccc1)c1cccc([N+](=O)[O-])c1. The van der Waals surface area contributed by atoms with Crippen molar-refractivity contribution in [3.05, 3.63) is 117 Å². The van der Waals surface area contributed by atoms with Gasteiger partial charge in [-0.3, -0.25) is 20.3 Å². The number of hydrogen-bond donors (Lipinski definition) is 2. The first-order chi connectivity index (χ1) is 13.6. The highest BCUT2D eigenvalue weighted by Crippen LogP contribution is 2.13. The van der Waals surface area contributed by atoms with Crippen molar-refractivity contribution in [2.75, 3.05) is 0 Å². The third kappa shape index (κ3) is 5.28. The van der Waals surface area contributed by atoms with Crippen LogP contribution < -0.4 is 10.9 Å². The number of nitro groups is 1. The number of nitrogens with zero attached hydrogens (tertiary/aromatic N) is 1. The van der Waals surface area contributed by atoms with E-state index in [0.29, 0.717) is 6.42 Å². The molecule has 0 aromatic heterocycles. The summed E-state index contributed by atoms with van der Waals surface area (Å²) in [6, 6.07) is 25.2. The number of amides is 1. The van der Waals surface area contributed by atoms with Crippen molar-refractivity contribution in [3.63, 3.8) is 0 Å². The molecule has 0 spiro atoms. The van der Waals surface area contributed by atoms with E-state index in [1.807, 2.05) is 66.7 Å². The molecule has 3 rings (SSSR count). The highest BCUT2D eigenvalue weighted by molar-refractivity contribution is 5.94. The Morgan fingerprint density at radius 2 is 1.57 bits per heavy atom. The van der Waals surface area contributed by atoms with E-state index in [2.05, 4.69) is 10.9 Å². The van der Waals surface area contributed by atoms with Crippen LogP contribution in [0.2, 0.25) is 0 Å². The third-order valence-corrected chi connectivity index (χ3v) is 4.03. The molecule has 3 aromatic rings. The van der Waals surface area contributed by atoms with E-state index >= 15 is 0 Å². The Balaban J connectivity index is 1.76. The van der Waals surface area contributed by atoms with E-state index in [-0.39, 0.29) is 11.3 Å². The van der Waals surface area contributed by atoms with Crippen LogP contribution in [0.1, 0.15) is 21.5 Å². The van der Waals surface area contributed by atoms with Gasteiger partial charge in [0.15, 0.2) is 0 Å². The van der Waals surface area contributed by atoms with Gasteiger partial charge in [-0.25, -0.2) is 0 Å². The number of benzene rings is 3. The van der Waals surface area contributed by atoms with Gasteiger partial charge in [-0.1, -0.05) is 66.7 Å². The van der Waals surface area contributed by atoms with Gasteiger partial charge in [0.25, 0.3) is 11.6 Å². The van der Waals surface area contributed by atoms with Crippen molar-refractivity contribution >= 4 is 17.7 Å². The molecule has 0 fully saturated rings. The van der Waals surface area contributed by atoms with Crippen molar-refractivity contribution in [2.24, 2.45) is 0 Å². The predicted octanol–water partition coefficient (Wildman–Crippen LogP) is 4.11. The van der Waals surface area contributed by atoms with E-state index in [1.54, 1.807) is 0 Å². The molecule has 140 valence electrons. The minimum Gasteiger partial charge on any atom is -0.302 e. The predicted molar refractivity (Wildman–Crippen MR) is 108 cm³/mol. The molecule has 0 saturated carbocycles. The molecule has 0 bridgehead atoms. The van der Waals surface area contributed by atoms with Crippen molar-refractivity contribution in [2.45, 2.75) is 6.42 Å². The number of allylic oxidation sites excluding steroid dienone is 1. The minimum atomic E-state index is -0.527. The quantitative estimate of drug-likeness (QED) is 0.482. The maximum Gasteiger partial charge on any atom is 0.270 e. The second-order valence-corrected chi connectivity index (χ2v) is 6.13. The molecule has 0 radical (unpaired) electrons. The number of nitrogens with one attached hydrogen (secondary N) is 2. The lowest BCUT2D eigenvalue weighted by Gasteiger charge is -2.13. The molecule has 0 atom stereocenters. The van der Waals surface area contributed by atoms with Gasteiger partial charge in [0.2, 0.25) is 0 Å².